The van der Waals surface area contributed by atoms with E-state index in [0.29, 0.717) is 11.4 Å². The van der Waals surface area contributed by atoms with Crippen molar-refractivity contribution >= 4 is 35.2 Å². The molecule has 0 bridgehead atoms. The molecule has 1 unspecified atom stereocenters. The van der Waals surface area contributed by atoms with Crippen LogP contribution in [0.3, 0.4) is 0 Å². The van der Waals surface area contributed by atoms with Gasteiger partial charge in [-0.15, -0.1) is 0 Å². The van der Waals surface area contributed by atoms with E-state index in [1.807, 2.05) is 6.07 Å². The van der Waals surface area contributed by atoms with E-state index in [-0.39, 0.29) is 5.69 Å². The number of benzene rings is 2. The first-order valence-electron chi connectivity index (χ1n) is 6.73. The molecule has 2 aromatic carbocycles. The first-order chi connectivity index (χ1) is 10.7. The Kier molecular flexibility index (Phi) is 2.59. The van der Waals surface area contributed by atoms with Gasteiger partial charge in [0.25, 0.3) is 5.91 Å². The second-order valence-corrected chi connectivity index (χ2v) is 5.02. The summed E-state index contributed by atoms with van der Waals surface area (Å²) in [6, 6.07) is 11.2. The minimum atomic E-state index is -0.786. The van der Waals surface area contributed by atoms with E-state index in [9.17, 15) is 14.0 Å². The van der Waals surface area contributed by atoms with Crippen LogP contribution in [-0.4, -0.2) is 24.2 Å². The number of carbonyl (C=O) groups excluding carboxylic acids is 2. The average molecular weight is 295 g/mol. The van der Waals surface area contributed by atoms with Gasteiger partial charge in [-0.1, -0.05) is 18.2 Å². The Hall–Kier alpha value is -3.02. The average Bonchev–Trinajstić information content (AvgIpc) is 2.79. The number of para-hydroxylation sites is 2. The highest BCUT2D eigenvalue weighted by molar-refractivity contribution is 6.34. The lowest BCUT2D eigenvalue weighted by atomic mass is 10.1. The molecule has 0 aromatic heterocycles. The number of nitrogens with zero attached hydrogens (tertiary/aromatic N) is 3. The highest BCUT2D eigenvalue weighted by Gasteiger charge is 2.47. The highest BCUT2D eigenvalue weighted by atomic mass is 19.1. The Labute approximate surface area is 125 Å². The van der Waals surface area contributed by atoms with E-state index < -0.39 is 23.8 Å². The minimum Gasteiger partial charge on any atom is -0.274 e. The van der Waals surface area contributed by atoms with Crippen molar-refractivity contribution in [3.8, 4) is 0 Å². The van der Waals surface area contributed by atoms with Gasteiger partial charge in [-0.3, -0.25) is 14.7 Å². The fraction of sp³-hybridized carbons (Fsp3) is 0.0625. The van der Waals surface area contributed by atoms with Crippen molar-refractivity contribution in [2.75, 3.05) is 9.80 Å². The van der Waals surface area contributed by atoms with Crippen molar-refractivity contribution < 1.29 is 14.0 Å². The van der Waals surface area contributed by atoms with Crippen LogP contribution in [-0.2, 0) is 4.79 Å². The number of urea groups is 1. The van der Waals surface area contributed by atoms with Gasteiger partial charge in [-0.2, -0.15) is 0 Å². The molecule has 4 rings (SSSR count). The molecule has 6 heteroatoms. The molecule has 0 radical (unpaired) electrons. The summed E-state index contributed by atoms with van der Waals surface area (Å²) in [5.41, 5.74) is 1.42. The smallest absolute Gasteiger partial charge is 0.274 e. The lowest BCUT2D eigenvalue weighted by molar-refractivity contribution is -0.116. The Balaban J connectivity index is 1.83. The maximum absolute atomic E-state index is 13.4. The fourth-order valence-electron chi connectivity index (χ4n) is 2.73. The van der Waals surface area contributed by atoms with Gasteiger partial charge in [0.2, 0.25) is 0 Å². The lowest BCUT2D eigenvalue weighted by Gasteiger charge is -2.24. The monoisotopic (exact) mass is 295 g/mol. The molecule has 2 heterocycles. The quantitative estimate of drug-likeness (QED) is 0.760. The van der Waals surface area contributed by atoms with Crippen molar-refractivity contribution in [3.05, 3.63) is 54.3 Å². The molecule has 22 heavy (non-hydrogen) atoms. The van der Waals surface area contributed by atoms with Crippen LogP contribution in [0.5, 0.6) is 0 Å². The molecule has 1 saturated heterocycles. The number of anilines is 2. The summed E-state index contributed by atoms with van der Waals surface area (Å²) in [5.74, 6) is -0.939. The molecule has 5 nitrogen and oxygen atoms in total. The topological polar surface area (TPSA) is 53.0 Å². The normalized spacial score (nSPS) is 19.4. The summed E-state index contributed by atoms with van der Waals surface area (Å²) in [5, 5.41) is 0. The summed E-state index contributed by atoms with van der Waals surface area (Å²) in [6.45, 7) is 0. The summed E-state index contributed by atoms with van der Waals surface area (Å²) >= 11 is 0. The van der Waals surface area contributed by atoms with Crippen LogP contribution in [0.25, 0.3) is 0 Å². The predicted octanol–water partition coefficient (Wildman–Crippen LogP) is 2.88. The standard InChI is InChI=1S/C16H10FN3O2/c17-10-4-3-5-11(8-10)19-15(21)14-9-18-12-6-1-2-7-13(12)20(14)16(19)22/h1-9,14H. The Morgan fingerprint density at radius 2 is 1.86 bits per heavy atom. The maximum atomic E-state index is 13.4. The number of aliphatic imine (C=N–C) groups is 1. The summed E-state index contributed by atoms with van der Waals surface area (Å²) in [7, 11) is 0. The van der Waals surface area contributed by atoms with Gasteiger partial charge in [0.05, 0.1) is 17.1 Å². The lowest BCUT2D eigenvalue weighted by Crippen LogP contribution is -2.38. The summed E-state index contributed by atoms with van der Waals surface area (Å²) < 4.78 is 13.4. The molecule has 1 fully saturated rings. The Bertz CT molecular complexity index is 834. The number of halogens is 1. The van der Waals surface area contributed by atoms with Crippen LogP contribution in [0.15, 0.2) is 53.5 Å². The molecule has 3 amide bonds. The van der Waals surface area contributed by atoms with Gasteiger partial charge in [-0.05, 0) is 30.3 Å². The van der Waals surface area contributed by atoms with Gasteiger partial charge in [0.1, 0.15) is 5.82 Å². The molecule has 0 N–H and O–H groups in total. The van der Waals surface area contributed by atoms with Gasteiger partial charge >= 0.3 is 6.03 Å². The molecule has 2 aliphatic heterocycles. The van der Waals surface area contributed by atoms with Crippen molar-refractivity contribution in [1.82, 2.24) is 0 Å². The zero-order valence-corrected chi connectivity index (χ0v) is 11.3. The van der Waals surface area contributed by atoms with Crippen LogP contribution in [0.2, 0.25) is 0 Å². The van der Waals surface area contributed by atoms with Gasteiger partial charge < -0.3 is 0 Å². The van der Waals surface area contributed by atoms with E-state index in [0.717, 1.165) is 11.0 Å². The number of fused-ring (bicyclic) bond motifs is 3. The zero-order valence-electron chi connectivity index (χ0n) is 11.3. The summed E-state index contributed by atoms with van der Waals surface area (Å²) in [6.07, 6.45) is 1.45. The van der Waals surface area contributed by atoms with Crippen molar-refractivity contribution in [2.45, 2.75) is 6.04 Å². The SMILES string of the molecule is O=C1C2C=Nc3ccccc3N2C(=O)N1c1cccc(F)c1. The molecule has 0 spiro atoms. The van der Waals surface area contributed by atoms with Crippen molar-refractivity contribution in [1.29, 1.82) is 0 Å². The Morgan fingerprint density at radius 3 is 2.68 bits per heavy atom. The maximum Gasteiger partial charge on any atom is 0.337 e. The fourth-order valence-corrected chi connectivity index (χ4v) is 2.73. The predicted molar refractivity (Wildman–Crippen MR) is 80.1 cm³/mol. The number of imide groups is 1. The van der Waals surface area contributed by atoms with Crippen LogP contribution in [0.4, 0.5) is 26.2 Å². The van der Waals surface area contributed by atoms with Crippen LogP contribution in [0, 0.1) is 5.82 Å². The third-order valence-corrected chi connectivity index (χ3v) is 3.71. The van der Waals surface area contributed by atoms with Crippen molar-refractivity contribution in [2.24, 2.45) is 4.99 Å². The molecule has 2 aliphatic rings. The molecule has 2 aromatic rings. The van der Waals surface area contributed by atoms with Crippen LogP contribution < -0.4 is 9.80 Å². The van der Waals surface area contributed by atoms with Gasteiger partial charge in [-0.25, -0.2) is 14.1 Å². The van der Waals surface area contributed by atoms with Gasteiger partial charge in [0, 0.05) is 6.21 Å². The summed E-state index contributed by atoms with van der Waals surface area (Å²) in [4.78, 5) is 31.8. The third-order valence-electron chi connectivity index (χ3n) is 3.71. The first-order valence-corrected chi connectivity index (χ1v) is 6.73. The van der Waals surface area contributed by atoms with E-state index in [2.05, 4.69) is 4.99 Å². The van der Waals surface area contributed by atoms with E-state index in [1.54, 1.807) is 18.2 Å². The largest absolute Gasteiger partial charge is 0.337 e. The van der Waals surface area contributed by atoms with Gasteiger partial charge in [0.15, 0.2) is 6.04 Å². The number of rotatable bonds is 1. The molecule has 1 atom stereocenters. The van der Waals surface area contributed by atoms with E-state index in [4.69, 9.17) is 0 Å². The second kappa shape index (κ2) is 4.49. The van der Waals surface area contributed by atoms with Crippen LogP contribution in [0.1, 0.15) is 0 Å². The second-order valence-electron chi connectivity index (χ2n) is 5.02. The molecular weight excluding hydrogens is 285 g/mol. The zero-order chi connectivity index (χ0) is 15.3. The number of amides is 3. The van der Waals surface area contributed by atoms with Crippen LogP contribution >= 0.6 is 0 Å². The molecule has 0 aliphatic carbocycles. The molecule has 0 saturated carbocycles. The van der Waals surface area contributed by atoms with E-state index in [1.165, 1.54) is 29.3 Å². The van der Waals surface area contributed by atoms with Crippen molar-refractivity contribution in [3.63, 3.8) is 0 Å². The first kappa shape index (κ1) is 12.7. The number of hydrogen-bond acceptors (Lipinski definition) is 3. The minimum absolute atomic E-state index is 0.218. The Morgan fingerprint density at radius 1 is 1.05 bits per heavy atom. The highest BCUT2D eigenvalue weighted by Crippen LogP contribution is 2.38. The molecule has 108 valence electrons. The number of carbonyl (C=O) groups is 2. The number of hydrogen-bond donors (Lipinski definition) is 0. The third kappa shape index (κ3) is 1.67. The van der Waals surface area contributed by atoms with E-state index >= 15 is 0 Å². The molecular formula is C16H10FN3O2.